The van der Waals surface area contributed by atoms with E-state index in [2.05, 4.69) is 17.1 Å². The molecular weight excluding hydrogens is 321 g/mol. The molecule has 2 unspecified atom stereocenters. The van der Waals surface area contributed by atoms with Gasteiger partial charge >= 0.3 is 0 Å². The van der Waals surface area contributed by atoms with Gasteiger partial charge in [-0.05, 0) is 37.4 Å². The predicted molar refractivity (Wildman–Crippen MR) is 94.8 cm³/mol. The third kappa shape index (κ3) is 5.13. The molecule has 1 fully saturated rings. The van der Waals surface area contributed by atoms with Gasteiger partial charge in [0.15, 0.2) is 0 Å². The summed E-state index contributed by atoms with van der Waals surface area (Å²) >= 11 is 6.04. The standard InChI is InChI=1S/C16H24ClN3O.ClH/c1-12-5-4-9-20(15(12)11-18)10-8-16(21)19-14-7-3-2-6-13(14)17;/h2-3,6-7,12,15H,4-5,8-11,18H2,1H3,(H,19,21);1H. The maximum atomic E-state index is 12.1. The van der Waals surface area contributed by atoms with Crippen LogP contribution in [0.4, 0.5) is 5.69 Å². The molecule has 22 heavy (non-hydrogen) atoms. The molecular formula is C16H25Cl2N3O. The van der Waals surface area contributed by atoms with E-state index in [0.717, 1.165) is 13.1 Å². The monoisotopic (exact) mass is 345 g/mol. The van der Waals surface area contributed by atoms with Gasteiger partial charge in [-0.1, -0.05) is 30.7 Å². The lowest BCUT2D eigenvalue weighted by atomic mass is 9.90. The number of hydrogen-bond donors (Lipinski definition) is 2. The summed E-state index contributed by atoms with van der Waals surface area (Å²) < 4.78 is 0. The molecule has 2 rings (SSSR count). The summed E-state index contributed by atoms with van der Waals surface area (Å²) in [5.41, 5.74) is 6.55. The van der Waals surface area contributed by atoms with Crippen molar-refractivity contribution in [2.45, 2.75) is 32.2 Å². The summed E-state index contributed by atoms with van der Waals surface area (Å²) in [6.07, 6.45) is 2.88. The number of hydrogen-bond acceptors (Lipinski definition) is 3. The van der Waals surface area contributed by atoms with Gasteiger partial charge in [0, 0.05) is 25.6 Å². The molecule has 0 aliphatic carbocycles. The van der Waals surface area contributed by atoms with E-state index >= 15 is 0 Å². The second kappa shape index (κ2) is 9.36. The highest BCUT2D eigenvalue weighted by atomic mass is 35.5. The molecule has 1 aromatic carbocycles. The van der Waals surface area contributed by atoms with Gasteiger partial charge in [-0.25, -0.2) is 0 Å². The van der Waals surface area contributed by atoms with Gasteiger partial charge in [0.25, 0.3) is 0 Å². The predicted octanol–water partition coefficient (Wildman–Crippen LogP) is 3.15. The van der Waals surface area contributed by atoms with E-state index in [1.54, 1.807) is 6.07 Å². The number of nitrogens with zero attached hydrogens (tertiary/aromatic N) is 1. The van der Waals surface area contributed by atoms with Crippen molar-refractivity contribution >= 4 is 35.6 Å². The number of nitrogens with one attached hydrogen (secondary N) is 1. The first-order valence-electron chi connectivity index (χ1n) is 7.60. The maximum absolute atomic E-state index is 12.1. The van der Waals surface area contributed by atoms with E-state index in [1.165, 1.54) is 12.8 Å². The van der Waals surface area contributed by atoms with Crippen molar-refractivity contribution < 1.29 is 4.79 Å². The highest BCUT2D eigenvalue weighted by Crippen LogP contribution is 2.23. The molecule has 1 saturated heterocycles. The Morgan fingerprint density at radius 3 is 2.86 bits per heavy atom. The van der Waals surface area contributed by atoms with Gasteiger partial charge in [0.05, 0.1) is 10.7 Å². The lowest BCUT2D eigenvalue weighted by Gasteiger charge is -2.39. The number of carbonyl (C=O) groups is 1. The molecule has 4 nitrogen and oxygen atoms in total. The minimum Gasteiger partial charge on any atom is -0.329 e. The van der Waals surface area contributed by atoms with Crippen molar-refractivity contribution in [3.8, 4) is 0 Å². The molecule has 124 valence electrons. The van der Waals surface area contributed by atoms with Crippen LogP contribution in [-0.4, -0.2) is 36.5 Å². The van der Waals surface area contributed by atoms with Gasteiger partial charge in [-0.2, -0.15) is 0 Å². The highest BCUT2D eigenvalue weighted by molar-refractivity contribution is 6.33. The summed E-state index contributed by atoms with van der Waals surface area (Å²) in [4.78, 5) is 14.4. The molecule has 0 saturated carbocycles. The summed E-state index contributed by atoms with van der Waals surface area (Å²) in [5.74, 6) is 0.604. The summed E-state index contributed by atoms with van der Waals surface area (Å²) in [6, 6.07) is 7.68. The molecule has 0 bridgehead atoms. The molecule has 1 aromatic rings. The SMILES string of the molecule is CC1CCCN(CCC(=O)Nc2ccccc2Cl)C1CN.Cl. The van der Waals surface area contributed by atoms with E-state index in [9.17, 15) is 4.79 Å². The Labute approximate surface area is 143 Å². The molecule has 6 heteroatoms. The van der Waals surface area contributed by atoms with Crippen LogP contribution >= 0.6 is 24.0 Å². The van der Waals surface area contributed by atoms with Crippen molar-refractivity contribution in [2.24, 2.45) is 11.7 Å². The Hall–Kier alpha value is -0.810. The van der Waals surface area contributed by atoms with E-state index in [0.29, 0.717) is 35.6 Å². The first kappa shape index (κ1) is 19.2. The van der Waals surface area contributed by atoms with Crippen molar-refractivity contribution in [2.75, 3.05) is 25.0 Å². The molecule has 1 heterocycles. The van der Waals surface area contributed by atoms with Crippen LogP contribution in [0.25, 0.3) is 0 Å². The average molecular weight is 346 g/mol. The number of anilines is 1. The van der Waals surface area contributed by atoms with Crippen LogP contribution in [0, 0.1) is 5.92 Å². The third-order valence-corrected chi connectivity index (χ3v) is 4.58. The van der Waals surface area contributed by atoms with E-state index in [-0.39, 0.29) is 18.3 Å². The first-order chi connectivity index (χ1) is 10.1. The molecule has 3 N–H and O–H groups in total. The highest BCUT2D eigenvalue weighted by Gasteiger charge is 2.27. The molecule has 2 atom stereocenters. The molecule has 0 spiro atoms. The number of para-hydroxylation sites is 1. The largest absolute Gasteiger partial charge is 0.329 e. The first-order valence-corrected chi connectivity index (χ1v) is 7.98. The number of piperidine rings is 1. The van der Waals surface area contributed by atoms with Gasteiger partial charge < -0.3 is 11.1 Å². The number of benzene rings is 1. The zero-order chi connectivity index (χ0) is 15.2. The summed E-state index contributed by atoms with van der Waals surface area (Å²) in [7, 11) is 0. The molecule has 1 amide bonds. The van der Waals surface area contributed by atoms with Gasteiger partial charge in [-0.3, -0.25) is 9.69 Å². The number of carbonyl (C=O) groups excluding carboxylic acids is 1. The smallest absolute Gasteiger partial charge is 0.225 e. The molecule has 1 aliphatic rings. The van der Waals surface area contributed by atoms with E-state index < -0.39 is 0 Å². The maximum Gasteiger partial charge on any atom is 0.225 e. The van der Waals surface area contributed by atoms with Crippen LogP contribution in [0.2, 0.25) is 5.02 Å². The average Bonchev–Trinajstić information content (AvgIpc) is 2.47. The zero-order valence-corrected chi connectivity index (χ0v) is 14.5. The second-order valence-electron chi connectivity index (χ2n) is 5.74. The zero-order valence-electron chi connectivity index (χ0n) is 12.9. The number of nitrogens with two attached hydrogens (primary N) is 1. The number of rotatable bonds is 5. The normalized spacial score (nSPS) is 22.0. The fourth-order valence-electron chi connectivity index (χ4n) is 3.01. The van der Waals surface area contributed by atoms with E-state index in [1.807, 2.05) is 18.2 Å². The summed E-state index contributed by atoms with van der Waals surface area (Å²) in [5, 5.41) is 3.43. The third-order valence-electron chi connectivity index (χ3n) is 4.25. The van der Waals surface area contributed by atoms with Crippen LogP contribution in [0.1, 0.15) is 26.2 Å². The van der Waals surface area contributed by atoms with Crippen LogP contribution in [0.5, 0.6) is 0 Å². The fraction of sp³-hybridized carbons (Fsp3) is 0.562. The van der Waals surface area contributed by atoms with E-state index in [4.69, 9.17) is 17.3 Å². The fourth-order valence-corrected chi connectivity index (χ4v) is 3.20. The molecule has 0 aromatic heterocycles. The van der Waals surface area contributed by atoms with Crippen LogP contribution < -0.4 is 11.1 Å². The van der Waals surface area contributed by atoms with Crippen molar-refractivity contribution in [3.63, 3.8) is 0 Å². The minimum atomic E-state index is -0.00269. The Morgan fingerprint density at radius 2 is 2.18 bits per heavy atom. The Morgan fingerprint density at radius 1 is 1.45 bits per heavy atom. The number of halogens is 2. The summed E-state index contributed by atoms with van der Waals surface area (Å²) in [6.45, 7) is 4.69. The Bertz CT molecular complexity index is 484. The van der Waals surface area contributed by atoms with Crippen LogP contribution in [0.15, 0.2) is 24.3 Å². The number of amides is 1. The number of likely N-dealkylation sites (tertiary alicyclic amines) is 1. The lowest BCUT2D eigenvalue weighted by Crippen LogP contribution is -2.49. The molecule has 0 radical (unpaired) electrons. The molecule has 1 aliphatic heterocycles. The minimum absolute atomic E-state index is 0. The van der Waals surface area contributed by atoms with Crippen molar-refractivity contribution in [3.05, 3.63) is 29.3 Å². The quantitative estimate of drug-likeness (QED) is 0.861. The Balaban J connectivity index is 0.00000242. The van der Waals surface area contributed by atoms with Crippen molar-refractivity contribution in [1.29, 1.82) is 0 Å². The van der Waals surface area contributed by atoms with Crippen LogP contribution in [0.3, 0.4) is 0 Å². The van der Waals surface area contributed by atoms with Crippen molar-refractivity contribution in [1.82, 2.24) is 4.90 Å². The lowest BCUT2D eigenvalue weighted by molar-refractivity contribution is -0.116. The Kier molecular flexibility index (Phi) is 8.18. The topological polar surface area (TPSA) is 58.4 Å². The van der Waals surface area contributed by atoms with Gasteiger partial charge in [-0.15, -0.1) is 12.4 Å². The van der Waals surface area contributed by atoms with Gasteiger partial charge in [0.2, 0.25) is 5.91 Å². The van der Waals surface area contributed by atoms with Gasteiger partial charge in [0.1, 0.15) is 0 Å². The second-order valence-corrected chi connectivity index (χ2v) is 6.14. The van der Waals surface area contributed by atoms with Crippen LogP contribution in [-0.2, 0) is 4.79 Å².